The number of carbonyl (C=O) groups is 1. The van der Waals surface area contributed by atoms with Crippen molar-refractivity contribution < 1.29 is 18.5 Å². The van der Waals surface area contributed by atoms with E-state index in [-0.39, 0.29) is 6.61 Å². The van der Waals surface area contributed by atoms with Crippen LogP contribution in [0.2, 0.25) is 0 Å². The lowest BCUT2D eigenvalue weighted by atomic mass is 10.1. The van der Waals surface area contributed by atoms with Crippen molar-refractivity contribution >= 4 is 28.4 Å². The fraction of sp³-hybridized carbons (Fsp3) is 0.333. The predicted octanol–water partition coefficient (Wildman–Crippen LogP) is 5.17. The summed E-state index contributed by atoms with van der Waals surface area (Å²) in [7, 11) is 0. The minimum Gasteiger partial charge on any atom is -0.466 e. The van der Waals surface area contributed by atoms with Gasteiger partial charge in [-0.25, -0.2) is 14.8 Å². The summed E-state index contributed by atoms with van der Waals surface area (Å²) in [6.07, 6.45) is 1.96. The van der Waals surface area contributed by atoms with E-state index in [1.54, 1.807) is 24.3 Å². The Kier molecular flexibility index (Phi) is 5.19. The fourth-order valence-electron chi connectivity index (χ4n) is 3.24. The van der Waals surface area contributed by atoms with Crippen LogP contribution in [0.1, 0.15) is 51.6 Å². The number of aryl methyl sites for hydroxylation is 4. The van der Waals surface area contributed by atoms with Gasteiger partial charge in [-0.15, -0.1) is 11.3 Å². The number of pyridine rings is 1. The lowest BCUT2D eigenvalue weighted by Gasteiger charge is -2.06. The summed E-state index contributed by atoms with van der Waals surface area (Å²) in [6.45, 7) is 7.72. The van der Waals surface area contributed by atoms with Crippen molar-refractivity contribution in [2.75, 3.05) is 0 Å². The van der Waals surface area contributed by atoms with Crippen molar-refractivity contribution in [1.29, 1.82) is 0 Å². The monoisotopic (exact) mass is 411 g/mol. The van der Waals surface area contributed by atoms with E-state index in [4.69, 9.17) is 13.7 Å². The molecule has 8 heteroatoms. The van der Waals surface area contributed by atoms with Gasteiger partial charge in [0.1, 0.15) is 18.1 Å². The fourth-order valence-corrected chi connectivity index (χ4v) is 4.12. The first-order valence-electron chi connectivity index (χ1n) is 9.41. The maximum absolute atomic E-state index is 12.9. The van der Waals surface area contributed by atoms with Gasteiger partial charge in [0.05, 0.1) is 33.0 Å². The van der Waals surface area contributed by atoms with Crippen LogP contribution in [0.15, 0.2) is 26.5 Å². The van der Waals surface area contributed by atoms with Gasteiger partial charge in [0.2, 0.25) is 0 Å². The van der Waals surface area contributed by atoms with E-state index in [0.29, 0.717) is 28.1 Å². The number of carbonyl (C=O) groups excluding carboxylic acids is 1. The molecule has 0 spiro atoms. The van der Waals surface area contributed by atoms with Crippen LogP contribution < -0.4 is 0 Å². The second-order valence-electron chi connectivity index (χ2n) is 6.89. The van der Waals surface area contributed by atoms with Crippen molar-refractivity contribution in [2.45, 2.75) is 47.1 Å². The molecule has 0 saturated carbocycles. The van der Waals surface area contributed by atoms with Gasteiger partial charge in [-0.1, -0.05) is 12.1 Å². The SMILES string of the molecule is CCCc1nc(COC(=O)c2cc(-c3cc(C)oc3C)nc3onc(C)c23)cs1. The van der Waals surface area contributed by atoms with Gasteiger partial charge in [-0.3, -0.25) is 0 Å². The zero-order valence-electron chi connectivity index (χ0n) is 16.7. The topological polar surface area (TPSA) is 91.2 Å². The Hall–Kier alpha value is -3.00. The summed E-state index contributed by atoms with van der Waals surface area (Å²) in [5.41, 5.74) is 3.38. The van der Waals surface area contributed by atoms with Gasteiger partial charge in [-0.05, 0) is 45.7 Å². The zero-order chi connectivity index (χ0) is 20.5. The Morgan fingerprint density at radius 1 is 1.21 bits per heavy atom. The van der Waals surface area contributed by atoms with E-state index >= 15 is 0 Å². The minimum absolute atomic E-state index is 0.117. The summed E-state index contributed by atoms with van der Waals surface area (Å²) < 4.78 is 16.5. The molecular weight excluding hydrogens is 390 g/mol. The third kappa shape index (κ3) is 3.80. The zero-order valence-corrected chi connectivity index (χ0v) is 17.6. The number of ether oxygens (including phenoxy) is 1. The molecule has 7 nitrogen and oxygen atoms in total. The number of furan rings is 1. The number of thiazole rings is 1. The molecule has 0 aliphatic carbocycles. The molecule has 0 amide bonds. The molecule has 4 aromatic rings. The van der Waals surface area contributed by atoms with Crippen LogP contribution in [-0.2, 0) is 17.8 Å². The summed E-state index contributed by atoms with van der Waals surface area (Å²) in [5.74, 6) is 1.02. The molecular formula is C21H21N3O4S. The standard InChI is InChI=1S/C21H21N3O4S/c1-5-6-18-22-14(10-29-18)9-26-21(25)16-8-17(15-7-11(2)27-13(15)4)23-20-19(16)12(3)24-28-20/h7-8,10H,5-6,9H2,1-4H3. The number of esters is 1. The molecule has 0 aliphatic rings. The van der Waals surface area contributed by atoms with Gasteiger partial charge in [0.25, 0.3) is 5.71 Å². The second-order valence-corrected chi connectivity index (χ2v) is 7.83. The Bertz CT molecular complexity index is 1190. The number of aromatic nitrogens is 3. The van der Waals surface area contributed by atoms with Crippen LogP contribution in [-0.4, -0.2) is 21.1 Å². The van der Waals surface area contributed by atoms with Crippen molar-refractivity contribution in [1.82, 2.24) is 15.1 Å². The Morgan fingerprint density at radius 3 is 2.76 bits per heavy atom. The third-order valence-corrected chi connectivity index (χ3v) is 5.53. The molecule has 4 rings (SSSR count). The van der Waals surface area contributed by atoms with Crippen molar-refractivity contribution in [3.05, 3.63) is 51.0 Å². The lowest BCUT2D eigenvalue weighted by Crippen LogP contribution is -2.07. The lowest BCUT2D eigenvalue weighted by molar-refractivity contribution is 0.0470. The van der Waals surface area contributed by atoms with E-state index < -0.39 is 5.97 Å². The average Bonchev–Trinajstić information content (AvgIpc) is 3.39. The Labute approximate surface area is 171 Å². The Morgan fingerprint density at radius 2 is 2.03 bits per heavy atom. The maximum atomic E-state index is 12.9. The second kappa shape index (κ2) is 7.79. The molecule has 0 bridgehead atoms. The summed E-state index contributed by atoms with van der Waals surface area (Å²) in [5, 5.41) is 7.49. The molecule has 29 heavy (non-hydrogen) atoms. The van der Waals surface area contributed by atoms with E-state index in [9.17, 15) is 4.79 Å². The number of rotatable bonds is 6. The van der Waals surface area contributed by atoms with Crippen LogP contribution >= 0.6 is 11.3 Å². The number of fused-ring (bicyclic) bond motifs is 1. The normalized spacial score (nSPS) is 11.3. The summed E-state index contributed by atoms with van der Waals surface area (Å²) in [6, 6.07) is 3.59. The van der Waals surface area contributed by atoms with Crippen LogP contribution in [0.3, 0.4) is 0 Å². The molecule has 4 heterocycles. The molecule has 0 aliphatic heterocycles. The number of hydrogen-bond donors (Lipinski definition) is 0. The summed E-state index contributed by atoms with van der Waals surface area (Å²) in [4.78, 5) is 21.9. The van der Waals surface area contributed by atoms with Crippen molar-refractivity contribution in [3.8, 4) is 11.3 Å². The highest BCUT2D eigenvalue weighted by molar-refractivity contribution is 7.09. The smallest absolute Gasteiger partial charge is 0.339 e. The molecule has 0 atom stereocenters. The van der Waals surface area contributed by atoms with Crippen LogP contribution in [0.5, 0.6) is 0 Å². The van der Waals surface area contributed by atoms with Crippen molar-refractivity contribution in [2.24, 2.45) is 0 Å². The van der Waals surface area contributed by atoms with Gasteiger partial charge < -0.3 is 13.7 Å². The summed E-state index contributed by atoms with van der Waals surface area (Å²) >= 11 is 1.58. The average molecular weight is 411 g/mol. The molecule has 0 unspecified atom stereocenters. The first-order valence-corrected chi connectivity index (χ1v) is 10.3. The van der Waals surface area contributed by atoms with Crippen LogP contribution in [0.4, 0.5) is 0 Å². The number of hydrogen-bond acceptors (Lipinski definition) is 8. The Balaban J connectivity index is 1.66. The van der Waals surface area contributed by atoms with Crippen LogP contribution in [0.25, 0.3) is 22.4 Å². The van der Waals surface area contributed by atoms with Gasteiger partial charge in [0.15, 0.2) is 0 Å². The molecule has 0 fully saturated rings. The van der Waals surface area contributed by atoms with Gasteiger partial charge >= 0.3 is 5.97 Å². The highest BCUT2D eigenvalue weighted by Gasteiger charge is 2.22. The largest absolute Gasteiger partial charge is 0.466 e. The minimum atomic E-state index is -0.465. The molecule has 0 aromatic carbocycles. The quantitative estimate of drug-likeness (QED) is 0.404. The molecule has 150 valence electrons. The highest BCUT2D eigenvalue weighted by Crippen LogP contribution is 2.31. The van der Waals surface area contributed by atoms with E-state index in [0.717, 1.165) is 40.6 Å². The predicted molar refractivity (Wildman–Crippen MR) is 109 cm³/mol. The molecule has 0 N–H and O–H groups in total. The number of nitrogens with zero attached hydrogens (tertiary/aromatic N) is 3. The van der Waals surface area contributed by atoms with Crippen molar-refractivity contribution in [3.63, 3.8) is 0 Å². The first-order chi connectivity index (χ1) is 14.0. The van der Waals surface area contributed by atoms with E-state index in [1.165, 1.54) is 0 Å². The molecule has 0 radical (unpaired) electrons. The molecule has 4 aromatic heterocycles. The highest BCUT2D eigenvalue weighted by atomic mass is 32.1. The first kappa shape index (κ1) is 19.3. The third-order valence-electron chi connectivity index (χ3n) is 4.57. The van der Waals surface area contributed by atoms with Crippen LogP contribution in [0, 0.1) is 20.8 Å². The maximum Gasteiger partial charge on any atom is 0.339 e. The van der Waals surface area contributed by atoms with E-state index in [2.05, 4.69) is 22.0 Å². The van der Waals surface area contributed by atoms with Gasteiger partial charge in [0, 0.05) is 10.9 Å². The molecule has 0 saturated heterocycles. The van der Waals surface area contributed by atoms with E-state index in [1.807, 2.05) is 25.3 Å². The van der Waals surface area contributed by atoms with Gasteiger partial charge in [-0.2, -0.15) is 0 Å².